The number of ether oxygens (including phenoxy) is 1. The van der Waals surface area contributed by atoms with E-state index in [-0.39, 0.29) is 5.91 Å². The van der Waals surface area contributed by atoms with Gasteiger partial charge in [0, 0.05) is 22.2 Å². The minimum absolute atomic E-state index is 0.0699. The second-order valence-corrected chi connectivity index (χ2v) is 8.78. The van der Waals surface area contributed by atoms with Crippen LogP contribution in [0.15, 0.2) is 77.3 Å². The molecule has 1 heterocycles. The highest BCUT2D eigenvalue weighted by Crippen LogP contribution is 2.38. The number of hydrogen-bond donors (Lipinski definition) is 0. The zero-order valence-corrected chi connectivity index (χ0v) is 18.7. The molecule has 3 nitrogen and oxygen atoms in total. The second kappa shape index (κ2) is 8.88. The van der Waals surface area contributed by atoms with E-state index in [1.165, 1.54) is 0 Å². The summed E-state index contributed by atoms with van der Waals surface area (Å²) in [4.78, 5) is 15.0. The number of hydrogen-bond acceptors (Lipinski definition) is 2. The Morgan fingerprint density at radius 3 is 2.37 bits per heavy atom. The van der Waals surface area contributed by atoms with Gasteiger partial charge < -0.3 is 9.64 Å². The number of rotatable bonds is 6. The van der Waals surface area contributed by atoms with Crippen molar-refractivity contribution >= 4 is 39.2 Å². The molecule has 0 unspecified atom stereocenters. The summed E-state index contributed by atoms with van der Waals surface area (Å²) in [6.45, 7) is 5.50. The number of amides is 1. The number of fused-ring (bicyclic) bond motifs is 1. The Balaban J connectivity index is 1.51. The quantitative estimate of drug-likeness (QED) is 0.388. The van der Waals surface area contributed by atoms with Crippen molar-refractivity contribution in [1.82, 2.24) is 0 Å². The molecule has 30 heavy (non-hydrogen) atoms. The average Bonchev–Trinajstić information content (AvgIpc) is 3.00. The molecule has 0 saturated heterocycles. The van der Waals surface area contributed by atoms with E-state index in [2.05, 4.69) is 29.8 Å². The lowest BCUT2D eigenvalue weighted by Crippen LogP contribution is -2.30. The van der Waals surface area contributed by atoms with Gasteiger partial charge in [0.2, 0.25) is 0 Å². The van der Waals surface area contributed by atoms with Gasteiger partial charge in [-0.05, 0) is 53.5 Å². The van der Waals surface area contributed by atoms with Crippen LogP contribution in [0.2, 0.25) is 0 Å². The van der Waals surface area contributed by atoms with E-state index in [1.807, 2.05) is 83.8 Å². The van der Waals surface area contributed by atoms with E-state index in [1.54, 1.807) is 0 Å². The molecule has 0 aliphatic carbocycles. The van der Waals surface area contributed by atoms with Crippen LogP contribution >= 0.6 is 15.9 Å². The predicted molar refractivity (Wildman–Crippen MR) is 126 cm³/mol. The van der Waals surface area contributed by atoms with Gasteiger partial charge in [0.1, 0.15) is 12.4 Å². The normalized spacial score (nSPS) is 14.5. The minimum atomic E-state index is 0.0699. The smallest absolute Gasteiger partial charge is 0.259 e. The topological polar surface area (TPSA) is 29.5 Å². The number of carbonyl (C=O) groups is 1. The molecule has 3 aromatic rings. The van der Waals surface area contributed by atoms with Gasteiger partial charge in [-0.3, -0.25) is 4.79 Å². The SMILES string of the molecule is CC(C)CN1C(=O)/C(=C\c2ccc(OCc3ccc(Br)cc3)cc2)c2ccccc21. The lowest BCUT2D eigenvalue weighted by molar-refractivity contribution is -0.113. The number of anilines is 1. The van der Waals surface area contributed by atoms with Crippen molar-refractivity contribution in [3.05, 3.63) is 94.0 Å². The summed E-state index contributed by atoms with van der Waals surface area (Å²) in [6.07, 6.45) is 1.97. The van der Waals surface area contributed by atoms with E-state index < -0.39 is 0 Å². The molecule has 4 rings (SSSR count). The van der Waals surface area contributed by atoms with E-state index in [9.17, 15) is 4.79 Å². The number of halogens is 1. The molecule has 0 atom stereocenters. The van der Waals surface area contributed by atoms with Crippen LogP contribution in [0.25, 0.3) is 11.6 Å². The number of benzene rings is 3. The fourth-order valence-electron chi connectivity index (χ4n) is 3.57. The zero-order valence-electron chi connectivity index (χ0n) is 17.1. The van der Waals surface area contributed by atoms with E-state index in [0.29, 0.717) is 12.5 Å². The number of para-hydroxylation sites is 1. The molecule has 1 aliphatic rings. The van der Waals surface area contributed by atoms with Gasteiger partial charge in [0.25, 0.3) is 5.91 Å². The fraction of sp³-hybridized carbons (Fsp3) is 0.192. The molecule has 4 heteroatoms. The third-order valence-corrected chi connectivity index (χ3v) is 5.55. The molecule has 1 aliphatic heterocycles. The highest BCUT2D eigenvalue weighted by atomic mass is 79.9. The Kier molecular flexibility index (Phi) is 6.05. The number of carbonyl (C=O) groups excluding carboxylic acids is 1. The van der Waals surface area contributed by atoms with Crippen LogP contribution in [-0.4, -0.2) is 12.5 Å². The molecule has 0 spiro atoms. The van der Waals surface area contributed by atoms with Gasteiger partial charge in [0.15, 0.2) is 0 Å². The Labute approximate surface area is 186 Å². The first kappa shape index (κ1) is 20.4. The largest absolute Gasteiger partial charge is 0.489 e. The second-order valence-electron chi connectivity index (χ2n) is 7.87. The lowest BCUT2D eigenvalue weighted by atomic mass is 10.0. The van der Waals surface area contributed by atoms with Gasteiger partial charge in [-0.15, -0.1) is 0 Å². The third-order valence-electron chi connectivity index (χ3n) is 5.02. The van der Waals surface area contributed by atoms with Crippen molar-refractivity contribution in [3.63, 3.8) is 0 Å². The molecule has 0 saturated carbocycles. The van der Waals surface area contributed by atoms with Crippen LogP contribution in [0.3, 0.4) is 0 Å². The van der Waals surface area contributed by atoms with Gasteiger partial charge in [-0.2, -0.15) is 0 Å². The third kappa shape index (κ3) is 4.49. The standard InChI is InChI=1S/C26H24BrNO2/c1-18(2)16-28-25-6-4-3-5-23(25)24(26(28)29)15-19-9-13-22(14-10-19)30-17-20-7-11-21(27)12-8-20/h3-15,18H,16-17H2,1-2H3/b24-15-. The maximum atomic E-state index is 13.1. The van der Waals surface area contributed by atoms with Gasteiger partial charge in [-0.1, -0.05) is 72.2 Å². The van der Waals surface area contributed by atoms with Crippen molar-refractivity contribution < 1.29 is 9.53 Å². The summed E-state index contributed by atoms with van der Waals surface area (Å²) in [5.41, 5.74) is 4.84. The molecule has 152 valence electrons. The summed E-state index contributed by atoms with van der Waals surface area (Å²) in [5, 5.41) is 0. The molecular weight excluding hydrogens is 438 g/mol. The van der Waals surface area contributed by atoms with Crippen LogP contribution in [0.1, 0.15) is 30.5 Å². The van der Waals surface area contributed by atoms with E-state index in [0.717, 1.165) is 44.7 Å². The molecule has 0 bridgehead atoms. The van der Waals surface area contributed by atoms with E-state index in [4.69, 9.17) is 4.74 Å². The zero-order chi connectivity index (χ0) is 21.1. The average molecular weight is 462 g/mol. The molecule has 0 N–H and O–H groups in total. The highest BCUT2D eigenvalue weighted by molar-refractivity contribution is 9.10. The lowest BCUT2D eigenvalue weighted by Gasteiger charge is -2.19. The van der Waals surface area contributed by atoms with Crippen LogP contribution in [-0.2, 0) is 11.4 Å². The molecular formula is C26H24BrNO2. The van der Waals surface area contributed by atoms with Crippen molar-refractivity contribution in [1.29, 1.82) is 0 Å². The van der Waals surface area contributed by atoms with Crippen LogP contribution in [0, 0.1) is 5.92 Å². The first-order valence-electron chi connectivity index (χ1n) is 10.1. The molecule has 0 fully saturated rings. The Bertz CT molecular complexity index is 1070. The Morgan fingerprint density at radius 2 is 1.67 bits per heavy atom. The van der Waals surface area contributed by atoms with Crippen LogP contribution in [0.4, 0.5) is 5.69 Å². The van der Waals surface area contributed by atoms with Gasteiger partial charge in [0.05, 0.1) is 5.69 Å². The van der Waals surface area contributed by atoms with E-state index >= 15 is 0 Å². The first-order chi connectivity index (χ1) is 14.5. The highest BCUT2D eigenvalue weighted by Gasteiger charge is 2.32. The van der Waals surface area contributed by atoms with Crippen LogP contribution in [0.5, 0.6) is 5.75 Å². The summed E-state index contributed by atoms with van der Waals surface area (Å²) in [7, 11) is 0. The van der Waals surface area contributed by atoms with Crippen molar-refractivity contribution in [2.24, 2.45) is 5.92 Å². The maximum Gasteiger partial charge on any atom is 0.259 e. The first-order valence-corrected chi connectivity index (χ1v) is 10.9. The molecule has 1 amide bonds. The Morgan fingerprint density at radius 1 is 0.967 bits per heavy atom. The van der Waals surface area contributed by atoms with Gasteiger partial charge in [-0.25, -0.2) is 0 Å². The molecule has 3 aromatic carbocycles. The van der Waals surface area contributed by atoms with Crippen molar-refractivity contribution in [3.8, 4) is 5.75 Å². The Hall–Kier alpha value is -2.85. The number of nitrogens with zero attached hydrogens (tertiary/aromatic N) is 1. The fourth-order valence-corrected chi connectivity index (χ4v) is 3.83. The molecule has 0 aromatic heterocycles. The van der Waals surface area contributed by atoms with Gasteiger partial charge >= 0.3 is 0 Å². The molecule has 0 radical (unpaired) electrons. The summed E-state index contributed by atoms with van der Waals surface area (Å²) in [6, 6.07) is 24.0. The minimum Gasteiger partial charge on any atom is -0.489 e. The van der Waals surface area contributed by atoms with Crippen molar-refractivity contribution in [2.75, 3.05) is 11.4 Å². The van der Waals surface area contributed by atoms with Crippen molar-refractivity contribution in [2.45, 2.75) is 20.5 Å². The maximum absolute atomic E-state index is 13.1. The summed E-state index contributed by atoms with van der Waals surface area (Å²) < 4.78 is 6.94. The summed E-state index contributed by atoms with van der Waals surface area (Å²) in [5.74, 6) is 1.28. The predicted octanol–water partition coefficient (Wildman–Crippen LogP) is 6.57. The van der Waals surface area contributed by atoms with Crippen LogP contribution < -0.4 is 9.64 Å². The summed E-state index contributed by atoms with van der Waals surface area (Å²) >= 11 is 3.44. The monoisotopic (exact) mass is 461 g/mol.